The third-order valence-corrected chi connectivity index (χ3v) is 13.9. The van der Waals surface area contributed by atoms with Crippen LogP contribution in [0, 0.1) is 0 Å². The summed E-state index contributed by atoms with van der Waals surface area (Å²) in [6.07, 6.45) is 5.57. The topological polar surface area (TPSA) is 25.2 Å². The largest absolute Gasteiger partial charge is 0.461 e. The van der Waals surface area contributed by atoms with Crippen molar-refractivity contribution in [2.75, 3.05) is 6.16 Å². The lowest BCUT2D eigenvalue weighted by molar-refractivity contribution is 0.581. The van der Waals surface area contributed by atoms with Gasteiger partial charge in [0.15, 0.2) is 5.50 Å². The predicted molar refractivity (Wildman–Crippen MR) is 124 cm³/mol. The number of benzene rings is 2. The van der Waals surface area contributed by atoms with E-state index in [9.17, 15) is 0 Å². The monoisotopic (exact) mass is 410 g/mol. The second-order valence-corrected chi connectivity index (χ2v) is 14.8. The Morgan fingerprint density at radius 2 is 1.57 bits per heavy atom. The first-order chi connectivity index (χ1) is 13.7. The van der Waals surface area contributed by atoms with Gasteiger partial charge < -0.3 is 4.42 Å². The van der Waals surface area contributed by atoms with Gasteiger partial charge in [0.25, 0.3) is 0 Å². The molecule has 4 atom stereocenters. The van der Waals surface area contributed by atoms with Gasteiger partial charge in [0.05, 0.1) is 12.4 Å². The minimum Gasteiger partial charge on any atom is -0.461 e. The van der Waals surface area contributed by atoms with Crippen molar-refractivity contribution >= 4 is 20.9 Å². The molecule has 1 N–H and O–H groups in total. The van der Waals surface area contributed by atoms with Crippen LogP contribution in [0.1, 0.15) is 49.4 Å². The highest BCUT2D eigenvalue weighted by molar-refractivity contribution is 8.33. The molecule has 28 heavy (non-hydrogen) atoms. The zero-order chi connectivity index (χ0) is 19.4. The first-order valence-corrected chi connectivity index (χ1v) is 14.1. The first kappa shape index (κ1) is 19.8. The van der Waals surface area contributed by atoms with Gasteiger partial charge in [0.2, 0.25) is 0 Å². The lowest BCUT2D eigenvalue weighted by atomic mass is 9.93. The van der Waals surface area contributed by atoms with Crippen molar-refractivity contribution in [2.45, 2.75) is 44.3 Å². The minimum atomic E-state index is -1.50. The Hall–Kier alpha value is -1.46. The number of hydrogen-bond acceptors (Lipinski definition) is 2. The average Bonchev–Trinajstić information content (AvgIpc) is 3.21. The fourth-order valence-electron chi connectivity index (χ4n) is 4.54. The summed E-state index contributed by atoms with van der Waals surface area (Å²) in [6, 6.07) is 27.0. The van der Waals surface area contributed by atoms with Crippen molar-refractivity contribution in [1.82, 2.24) is 5.09 Å². The van der Waals surface area contributed by atoms with E-state index in [2.05, 4.69) is 85.7 Å². The van der Waals surface area contributed by atoms with Crippen LogP contribution in [0.3, 0.4) is 0 Å². The lowest BCUT2D eigenvalue weighted by Crippen LogP contribution is -2.32. The summed E-state index contributed by atoms with van der Waals surface area (Å²) in [4.78, 5) is 0. The van der Waals surface area contributed by atoms with Gasteiger partial charge in [-0.15, -0.1) is 0 Å². The highest BCUT2D eigenvalue weighted by Crippen LogP contribution is 2.83. The van der Waals surface area contributed by atoms with Crippen molar-refractivity contribution in [3.8, 4) is 0 Å². The normalized spacial score (nSPS) is 25.5. The molecule has 4 unspecified atom stereocenters. The Morgan fingerprint density at radius 3 is 2.18 bits per heavy atom. The van der Waals surface area contributed by atoms with Gasteiger partial charge in [0, 0.05) is 12.0 Å². The molecule has 2 aromatic carbocycles. The van der Waals surface area contributed by atoms with Crippen LogP contribution in [-0.2, 0) is 0 Å². The molecule has 4 rings (SSSR count). The Morgan fingerprint density at radius 1 is 0.893 bits per heavy atom. The molecule has 0 spiro atoms. The van der Waals surface area contributed by atoms with Crippen molar-refractivity contribution in [2.24, 2.45) is 0 Å². The van der Waals surface area contributed by atoms with Crippen LogP contribution >= 0.6 is 15.4 Å². The molecule has 0 saturated carbocycles. The predicted octanol–water partition coefficient (Wildman–Crippen LogP) is 6.75. The van der Waals surface area contributed by atoms with Gasteiger partial charge >= 0.3 is 0 Å². The summed E-state index contributed by atoms with van der Waals surface area (Å²) in [7, 11) is -0.793. The summed E-state index contributed by atoms with van der Waals surface area (Å²) >= 11 is 0. The fraction of sp³-hybridized carbons (Fsp3) is 0.333. The summed E-state index contributed by atoms with van der Waals surface area (Å²) in [5.74, 6) is 0.628. The Labute approximate surface area is 171 Å². The van der Waals surface area contributed by atoms with Crippen molar-refractivity contribution in [3.63, 3.8) is 0 Å². The van der Waals surface area contributed by atoms with Gasteiger partial charge in [-0.1, -0.05) is 60.7 Å². The molecule has 146 valence electrons. The third kappa shape index (κ3) is 4.41. The Kier molecular flexibility index (Phi) is 6.32. The average molecular weight is 410 g/mol. The smallest absolute Gasteiger partial charge is 0.163 e. The second-order valence-electron chi connectivity index (χ2n) is 8.04. The number of nitrogens with one attached hydrogen (secondary N) is 1. The molecule has 0 amide bonds. The molecular weight excluding hydrogens is 380 g/mol. The van der Waals surface area contributed by atoms with Crippen LogP contribution in [0.4, 0.5) is 0 Å². The van der Waals surface area contributed by atoms with E-state index < -0.39 is 7.10 Å². The van der Waals surface area contributed by atoms with Crippen LogP contribution < -0.4 is 10.6 Å². The maximum absolute atomic E-state index is 5.87. The minimum absolute atomic E-state index is 0.469. The van der Waals surface area contributed by atoms with Crippen LogP contribution in [-0.4, -0.2) is 12.2 Å². The van der Waals surface area contributed by atoms with E-state index in [1.165, 1.54) is 30.1 Å². The van der Waals surface area contributed by atoms with Gasteiger partial charge in [-0.3, -0.25) is 0 Å². The van der Waals surface area contributed by atoms with E-state index in [4.69, 9.17) is 4.42 Å². The van der Waals surface area contributed by atoms with E-state index in [1.807, 2.05) is 12.3 Å². The molecule has 1 aliphatic heterocycles. The molecule has 1 fully saturated rings. The molecule has 3 aromatic rings. The molecule has 2 nitrogen and oxygen atoms in total. The second kappa shape index (κ2) is 8.91. The fourth-order valence-corrected chi connectivity index (χ4v) is 14.1. The standard InChI is InChI=1S/C24H30NOP2/c1-19(2)25-28(27-24-14-9-17-26-24)18-22(20-10-5-3-6-11-20)15-16-23(28)21-12-7-4-8-13-21/h3-14,17,19,22-23,25,27H,15-16,18H2,1-2H3/q+1. The summed E-state index contributed by atoms with van der Waals surface area (Å²) < 4.78 is 5.87. The first-order valence-electron chi connectivity index (χ1n) is 10.2. The van der Waals surface area contributed by atoms with Gasteiger partial charge in [-0.05, 0) is 49.9 Å². The van der Waals surface area contributed by atoms with Crippen LogP contribution in [0.5, 0.6) is 0 Å². The van der Waals surface area contributed by atoms with Crippen LogP contribution in [0.15, 0.2) is 83.5 Å². The maximum Gasteiger partial charge on any atom is 0.163 e. The molecule has 0 radical (unpaired) electrons. The highest BCUT2D eigenvalue weighted by Gasteiger charge is 2.53. The molecule has 4 heteroatoms. The number of hydrogen-bond donors (Lipinski definition) is 1. The molecular formula is C24H30NOP2+. The van der Waals surface area contributed by atoms with E-state index in [1.54, 1.807) is 0 Å². The molecule has 1 aliphatic rings. The molecule has 2 heterocycles. The Bertz CT molecular complexity index is 851. The van der Waals surface area contributed by atoms with E-state index in [-0.39, 0.29) is 0 Å². The molecule has 1 saturated heterocycles. The van der Waals surface area contributed by atoms with Crippen molar-refractivity contribution in [1.29, 1.82) is 0 Å². The zero-order valence-corrected chi connectivity index (χ0v) is 18.6. The highest BCUT2D eigenvalue weighted by atomic mass is 32.1. The lowest BCUT2D eigenvalue weighted by Gasteiger charge is -2.42. The molecule has 0 aliphatic carbocycles. The van der Waals surface area contributed by atoms with Gasteiger partial charge in [-0.2, -0.15) is 5.09 Å². The summed E-state index contributed by atoms with van der Waals surface area (Å²) in [5, 5.41) is 4.15. The van der Waals surface area contributed by atoms with Crippen LogP contribution in [0.2, 0.25) is 0 Å². The SMILES string of the molecule is CC(C)N[P+]1(Pc2ccco2)CC(c2ccccc2)CCC1c1ccccc1. The van der Waals surface area contributed by atoms with Gasteiger partial charge in [0.1, 0.15) is 21.0 Å². The molecule has 0 bridgehead atoms. The van der Waals surface area contributed by atoms with Crippen molar-refractivity contribution in [3.05, 3.63) is 90.2 Å². The summed E-state index contributed by atoms with van der Waals surface area (Å²) in [5.41, 5.74) is 4.73. The van der Waals surface area contributed by atoms with Crippen molar-refractivity contribution < 1.29 is 4.42 Å². The molecule has 1 aromatic heterocycles. The van der Waals surface area contributed by atoms with E-state index in [0.717, 1.165) is 5.50 Å². The Balaban J connectivity index is 1.74. The van der Waals surface area contributed by atoms with Gasteiger partial charge in [-0.25, -0.2) is 0 Å². The quantitative estimate of drug-likeness (QED) is 0.455. The number of furan rings is 1. The summed E-state index contributed by atoms with van der Waals surface area (Å²) in [6.45, 7) is 4.59. The van der Waals surface area contributed by atoms with Crippen LogP contribution in [0.25, 0.3) is 0 Å². The number of rotatable bonds is 6. The zero-order valence-electron chi connectivity index (χ0n) is 16.7. The maximum atomic E-state index is 5.87. The third-order valence-electron chi connectivity index (χ3n) is 5.60. The van der Waals surface area contributed by atoms with E-state index in [0.29, 0.717) is 25.9 Å². The van der Waals surface area contributed by atoms with E-state index >= 15 is 0 Å².